The van der Waals surface area contributed by atoms with Gasteiger partial charge in [-0.05, 0) is 51.7 Å². The molecule has 0 fully saturated rings. The third-order valence-electron chi connectivity index (χ3n) is 3.04. The van der Waals surface area contributed by atoms with E-state index in [4.69, 9.17) is 11.6 Å². The second-order valence-electron chi connectivity index (χ2n) is 5.09. The zero-order valence-electron chi connectivity index (χ0n) is 15.6. The Bertz CT molecular complexity index is 388. The first kappa shape index (κ1) is 24.5. The highest BCUT2D eigenvalue weighted by Crippen LogP contribution is 2.14. The minimum atomic E-state index is 0.427. The fraction of sp³-hybridized carbons (Fsp3) is 0.556. The first-order valence-corrected chi connectivity index (χ1v) is 7.38. The molecule has 0 unspecified atom stereocenters. The third kappa shape index (κ3) is 12.0. The zero-order chi connectivity index (χ0) is 17.7. The molecule has 0 saturated heterocycles. The maximum atomic E-state index is 5.78. The van der Waals surface area contributed by atoms with Crippen LogP contribution in [0.15, 0.2) is 46.9 Å². The highest BCUT2D eigenvalue weighted by molar-refractivity contribution is 5.29. The van der Waals surface area contributed by atoms with Gasteiger partial charge in [-0.15, -0.1) is 0 Å². The number of nitrogens with two attached hydrogens (primary N) is 2. The lowest BCUT2D eigenvalue weighted by Gasteiger charge is -2.09. The molecule has 0 saturated carbocycles. The van der Waals surface area contributed by atoms with Crippen molar-refractivity contribution < 1.29 is 4.84 Å². The molecule has 0 aromatic heterocycles. The molecule has 0 aliphatic heterocycles. The fourth-order valence-electron chi connectivity index (χ4n) is 1.07. The number of hydrogen-bond donors (Lipinski definition) is 2. The topological polar surface area (TPSA) is 61.3 Å². The third-order valence-corrected chi connectivity index (χ3v) is 3.04. The van der Waals surface area contributed by atoms with E-state index in [1.807, 2.05) is 48.5 Å². The Morgan fingerprint density at radius 1 is 0.857 bits per heavy atom. The van der Waals surface area contributed by atoms with Gasteiger partial charge in [-0.25, -0.2) is 0 Å². The summed E-state index contributed by atoms with van der Waals surface area (Å²) in [6, 6.07) is 0. The molecule has 0 aromatic carbocycles. The monoisotopic (exact) mass is 296 g/mol. The van der Waals surface area contributed by atoms with Crippen molar-refractivity contribution in [1.29, 1.82) is 0 Å². The second-order valence-corrected chi connectivity index (χ2v) is 5.09. The first-order valence-electron chi connectivity index (χ1n) is 7.38. The molecular weight excluding hydrogens is 260 g/mol. The smallest absolute Gasteiger partial charge is 0.123 e. The van der Waals surface area contributed by atoms with E-state index in [9.17, 15) is 0 Å². The quantitative estimate of drug-likeness (QED) is 0.424. The van der Waals surface area contributed by atoms with Crippen molar-refractivity contribution in [3.05, 3.63) is 46.9 Å². The largest absolute Gasteiger partial charge is 0.416 e. The van der Waals surface area contributed by atoms with Crippen LogP contribution in [-0.2, 0) is 4.84 Å². The van der Waals surface area contributed by atoms with Crippen LogP contribution in [0.3, 0.4) is 0 Å². The normalized spacial score (nSPS) is 12.0. The molecule has 3 nitrogen and oxygen atoms in total. The van der Waals surface area contributed by atoms with Crippen molar-refractivity contribution >= 4 is 0 Å². The van der Waals surface area contributed by atoms with Gasteiger partial charge < -0.3 is 10.6 Å². The lowest BCUT2D eigenvalue weighted by Crippen LogP contribution is -2.08. The van der Waals surface area contributed by atoms with Gasteiger partial charge in [0.2, 0.25) is 0 Å². The highest BCUT2D eigenvalue weighted by Gasteiger charge is 2.01. The number of hydrogen-bond acceptors (Lipinski definition) is 3. The maximum Gasteiger partial charge on any atom is 0.123 e. The summed E-state index contributed by atoms with van der Waals surface area (Å²) in [6.07, 6.45) is 0. The summed E-state index contributed by atoms with van der Waals surface area (Å²) in [5.74, 6) is 6.06. The van der Waals surface area contributed by atoms with Gasteiger partial charge in [0.25, 0.3) is 0 Å². The van der Waals surface area contributed by atoms with Gasteiger partial charge in [0.05, 0.1) is 0 Å². The van der Waals surface area contributed by atoms with Crippen molar-refractivity contribution in [2.24, 2.45) is 17.5 Å². The van der Waals surface area contributed by atoms with Crippen molar-refractivity contribution in [2.75, 3.05) is 0 Å². The maximum absolute atomic E-state index is 5.78. The van der Waals surface area contributed by atoms with E-state index in [0.717, 1.165) is 33.7 Å². The summed E-state index contributed by atoms with van der Waals surface area (Å²) in [6.45, 7) is 25.4. The van der Waals surface area contributed by atoms with Crippen LogP contribution in [-0.4, -0.2) is 0 Å². The summed E-state index contributed by atoms with van der Waals surface area (Å²) >= 11 is 0. The molecule has 0 radical (unpaired) electrons. The fourth-order valence-corrected chi connectivity index (χ4v) is 1.07. The highest BCUT2D eigenvalue weighted by atomic mass is 16.6. The second kappa shape index (κ2) is 13.5. The summed E-state index contributed by atoms with van der Waals surface area (Å²) in [7, 11) is 0. The summed E-state index contributed by atoms with van der Waals surface area (Å²) in [5.41, 5.74) is 10.9. The van der Waals surface area contributed by atoms with Gasteiger partial charge in [0, 0.05) is 5.70 Å². The lowest BCUT2D eigenvalue weighted by molar-refractivity contribution is 0.219. The Kier molecular flexibility index (Phi) is 15.8. The molecule has 0 aliphatic rings. The van der Waals surface area contributed by atoms with Crippen LogP contribution in [0.25, 0.3) is 0 Å². The Morgan fingerprint density at radius 2 is 1.19 bits per heavy atom. The van der Waals surface area contributed by atoms with Gasteiger partial charge in [-0.3, -0.25) is 0 Å². The minimum Gasteiger partial charge on any atom is -0.416 e. The van der Waals surface area contributed by atoms with E-state index in [-0.39, 0.29) is 0 Å². The van der Waals surface area contributed by atoms with Crippen molar-refractivity contribution in [3.63, 3.8) is 0 Å². The average Bonchev–Trinajstić information content (AvgIpc) is 2.46. The molecule has 0 bridgehead atoms. The molecule has 0 aliphatic carbocycles. The van der Waals surface area contributed by atoms with Crippen LogP contribution in [0.2, 0.25) is 0 Å². The number of rotatable bonds is 4. The Hall–Kier alpha value is -1.48. The Morgan fingerprint density at radius 3 is 1.29 bits per heavy atom. The first-order chi connectivity index (χ1) is 9.56. The SMILES string of the molecule is C=C(C)/C(C)=C(/C)ON.C=C(C)/C(C)=C(/N)C(C)C.CC. The van der Waals surface area contributed by atoms with Crippen LogP contribution in [0.5, 0.6) is 0 Å². The van der Waals surface area contributed by atoms with E-state index in [2.05, 4.69) is 31.8 Å². The molecule has 0 rings (SSSR count). The van der Waals surface area contributed by atoms with Crippen LogP contribution >= 0.6 is 0 Å². The average molecular weight is 296 g/mol. The Balaban J connectivity index is -0.000000277. The van der Waals surface area contributed by atoms with Crippen molar-refractivity contribution in [3.8, 4) is 0 Å². The predicted molar refractivity (Wildman–Crippen MR) is 96.3 cm³/mol. The molecule has 0 heterocycles. The van der Waals surface area contributed by atoms with Crippen LogP contribution in [0.1, 0.15) is 62.3 Å². The lowest BCUT2D eigenvalue weighted by atomic mass is 10.0. The van der Waals surface area contributed by atoms with Crippen molar-refractivity contribution in [1.82, 2.24) is 0 Å². The minimum absolute atomic E-state index is 0.427. The van der Waals surface area contributed by atoms with Gasteiger partial charge in [-0.2, -0.15) is 5.90 Å². The molecule has 21 heavy (non-hydrogen) atoms. The molecular formula is C18H36N2O. The molecule has 0 aromatic rings. The molecule has 3 heteroatoms. The molecule has 0 spiro atoms. The summed E-state index contributed by atoms with van der Waals surface area (Å²) < 4.78 is 0. The molecule has 0 amide bonds. The summed E-state index contributed by atoms with van der Waals surface area (Å²) in [5, 5.41) is 0. The van der Waals surface area contributed by atoms with E-state index in [1.165, 1.54) is 0 Å². The van der Waals surface area contributed by atoms with Gasteiger partial charge >= 0.3 is 0 Å². The van der Waals surface area contributed by atoms with E-state index in [0.29, 0.717) is 5.92 Å². The van der Waals surface area contributed by atoms with Crippen LogP contribution in [0, 0.1) is 5.92 Å². The van der Waals surface area contributed by atoms with E-state index in [1.54, 1.807) is 0 Å². The van der Waals surface area contributed by atoms with Crippen LogP contribution < -0.4 is 11.6 Å². The molecule has 124 valence electrons. The zero-order valence-corrected chi connectivity index (χ0v) is 15.6. The summed E-state index contributed by atoms with van der Waals surface area (Å²) in [4.78, 5) is 4.49. The Labute approximate surface area is 132 Å². The van der Waals surface area contributed by atoms with Gasteiger partial charge in [-0.1, -0.05) is 52.0 Å². The van der Waals surface area contributed by atoms with Gasteiger partial charge in [0.15, 0.2) is 0 Å². The van der Waals surface area contributed by atoms with E-state index >= 15 is 0 Å². The standard InChI is InChI=1S/C9H17N.C7H13NO.C2H6/c1-6(2)8(5)9(10)7(3)4;1-5(2)6(3)7(4)9-8;1-2/h7H,1,10H2,2-5H3;1,8H2,2-4H3;1-2H3/b9-8+;7-6-;. The van der Waals surface area contributed by atoms with Gasteiger partial charge in [0.1, 0.15) is 5.76 Å². The van der Waals surface area contributed by atoms with Crippen molar-refractivity contribution in [2.45, 2.75) is 62.3 Å². The predicted octanol–water partition coefficient (Wildman–Crippen LogP) is 5.22. The van der Waals surface area contributed by atoms with E-state index < -0.39 is 0 Å². The molecule has 4 N–H and O–H groups in total. The van der Waals surface area contributed by atoms with Crippen LogP contribution in [0.4, 0.5) is 0 Å². The molecule has 0 atom stereocenters. The number of allylic oxidation sites excluding steroid dienone is 6.